The van der Waals surface area contributed by atoms with Crippen molar-refractivity contribution in [2.24, 2.45) is 0 Å². The normalized spacial score (nSPS) is 24.5. The van der Waals surface area contributed by atoms with E-state index in [0.29, 0.717) is 6.10 Å². The Hall–Kier alpha value is -0.970. The van der Waals surface area contributed by atoms with Gasteiger partial charge in [-0.1, -0.05) is 12.5 Å². The quantitative estimate of drug-likeness (QED) is 0.854. The van der Waals surface area contributed by atoms with Gasteiger partial charge in [-0.25, -0.2) is 0 Å². The van der Waals surface area contributed by atoms with Crippen LogP contribution in [0.25, 0.3) is 0 Å². The van der Waals surface area contributed by atoms with Gasteiger partial charge in [-0.05, 0) is 57.3 Å². The van der Waals surface area contributed by atoms with E-state index in [2.05, 4.69) is 34.7 Å². The number of likely N-dealkylation sites (tertiary alicyclic amines) is 1. The molecule has 1 atom stereocenters. The summed E-state index contributed by atoms with van der Waals surface area (Å²) in [6.45, 7) is 11.9. The highest BCUT2D eigenvalue weighted by Gasteiger charge is 2.22. The summed E-state index contributed by atoms with van der Waals surface area (Å²) in [5.74, 6) is 0. The summed E-state index contributed by atoms with van der Waals surface area (Å²) in [6, 6.07) is 2.24. The van der Waals surface area contributed by atoms with E-state index >= 15 is 0 Å². The molecule has 3 rings (SSSR count). The van der Waals surface area contributed by atoms with Crippen LogP contribution in [0.1, 0.15) is 42.5 Å². The highest BCUT2D eigenvalue weighted by molar-refractivity contribution is 5.23. The van der Waals surface area contributed by atoms with Crippen LogP contribution in [0.5, 0.6) is 0 Å². The van der Waals surface area contributed by atoms with Crippen molar-refractivity contribution in [2.75, 3.05) is 39.3 Å². The van der Waals surface area contributed by atoms with Crippen LogP contribution in [-0.4, -0.2) is 60.2 Å². The molecule has 0 aliphatic carbocycles. The fraction of sp³-hybridized carbons (Fsp3) is 0.737. The molecule has 0 bridgehead atoms. The van der Waals surface area contributed by atoms with Crippen LogP contribution in [0.4, 0.5) is 0 Å². The lowest BCUT2D eigenvalue weighted by Crippen LogP contribution is -2.42. The maximum atomic E-state index is 6.12. The molecule has 1 aromatic rings. The zero-order valence-corrected chi connectivity index (χ0v) is 14.8. The summed E-state index contributed by atoms with van der Waals surface area (Å²) in [5, 5.41) is 0. The topological polar surface area (TPSA) is 28.6 Å². The molecule has 0 spiro atoms. The third-order valence-corrected chi connectivity index (χ3v) is 5.04. The maximum absolute atomic E-state index is 6.12. The zero-order valence-electron chi connectivity index (χ0n) is 14.8. The van der Waals surface area contributed by atoms with E-state index in [0.717, 1.165) is 39.2 Å². The molecular weight excluding hydrogens is 286 g/mol. The minimum atomic E-state index is 0.348. The van der Waals surface area contributed by atoms with Gasteiger partial charge >= 0.3 is 0 Å². The third kappa shape index (κ3) is 5.00. The standard InChI is InChI=1S/C19H31N3O/c1-16-11-17(2)19(20-12-16)15-22-9-6-10-23-18(14-22)13-21-7-4-3-5-8-21/h11-12,18H,3-10,13-15H2,1-2H3. The molecule has 1 unspecified atom stereocenters. The van der Waals surface area contributed by atoms with Crippen molar-refractivity contribution < 1.29 is 4.74 Å². The Labute approximate surface area is 140 Å². The van der Waals surface area contributed by atoms with Crippen LogP contribution < -0.4 is 0 Å². The van der Waals surface area contributed by atoms with Crippen molar-refractivity contribution in [3.05, 3.63) is 29.1 Å². The third-order valence-electron chi connectivity index (χ3n) is 5.04. The van der Waals surface area contributed by atoms with E-state index in [1.165, 1.54) is 49.2 Å². The largest absolute Gasteiger partial charge is 0.376 e. The molecule has 0 aromatic carbocycles. The highest BCUT2D eigenvalue weighted by atomic mass is 16.5. The molecule has 2 aliphatic rings. The summed E-state index contributed by atoms with van der Waals surface area (Å²) < 4.78 is 6.12. The lowest BCUT2D eigenvalue weighted by Gasteiger charge is -2.31. The Morgan fingerprint density at radius 3 is 2.65 bits per heavy atom. The van der Waals surface area contributed by atoms with Crippen LogP contribution in [0, 0.1) is 13.8 Å². The number of aromatic nitrogens is 1. The number of pyridine rings is 1. The van der Waals surface area contributed by atoms with Crippen LogP contribution in [0.15, 0.2) is 12.3 Å². The van der Waals surface area contributed by atoms with Crippen molar-refractivity contribution in [3.63, 3.8) is 0 Å². The van der Waals surface area contributed by atoms with Gasteiger partial charge in [0.15, 0.2) is 0 Å². The molecule has 2 aliphatic heterocycles. The van der Waals surface area contributed by atoms with Gasteiger partial charge in [0.2, 0.25) is 0 Å². The molecule has 23 heavy (non-hydrogen) atoms. The SMILES string of the molecule is Cc1cnc(CN2CCCOC(CN3CCCCC3)C2)c(C)c1. The molecule has 128 valence electrons. The molecule has 4 nitrogen and oxygen atoms in total. The van der Waals surface area contributed by atoms with Gasteiger partial charge in [-0.2, -0.15) is 0 Å². The second-order valence-corrected chi connectivity index (χ2v) is 7.22. The van der Waals surface area contributed by atoms with Crippen molar-refractivity contribution in [1.82, 2.24) is 14.8 Å². The van der Waals surface area contributed by atoms with E-state index in [9.17, 15) is 0 Å². The van der Waals surface area contributed by atoms with Gasteiger partial charge < -0.3 is 9.64 Å². The van der Waals surface area contributed by atoms with Gasteiger partial charge in [0.1, 0.15) is 0 Å². The first-order valence-electron chi connectivity index (χ1n) is 9.19. The summed E-state index contributed by atoms with van der Waals surface area (Å²) >= 11 is 0. The molecular formula is C19H31N3O. The maximum Gasteiger partial charge on any atom is 0.0828 e. The predicted molar refractivity (Wildman–Crippen MR) is 93.6 cm³/mol. The lowest BCUT2D eigenvalue weighted by molar-refractivity contribution is 0.0215. The molecule has 1 aromatic heterocycles. The van der Waals surface area contributed by atoms with E-state index in [4.69, 9.17) is 4.74 Å². The molecule has 0 N–H and O–H groups in total. The van der Waals surface area contributed by atoms with Crippen molar-refractivity contribution in [3.8, 4) is 0 Å². The summed E-state index contributed by atoms with van der Waals surface area (Å²) in [5.41, 5.74) is 3.77. The van der Waals surface area contributed by atoms with Gasteiger partial charge in [-0.15, -0.1) is 0 Å². The van der Waals surface area contributed by atoms with E-state index in [-0.39, 0.29) is 0 Å². The number of hydrogen-bond acceptors (Lipinski definition) is 4. The molecule has 3 heterocycles. The second-order valence-electron chi connectivity index (χ2n) is 7.22. The molecule has 0 radical (unpaired) electrons. The van der Waals surface area contributed by atoms with Gasteiger partial charge in [0, 0.05) is 39.0 Å². The Bertz CT molecular complexity index is 499. The van der Waals surface area contributed by atoms with Crippen LogP contribution in [0.2, 0.25) is 0 Å². The van der Waals surface area contributed by atoms with E-state index in [1.807, 2.05) is 6.20 Å². The fourth-order valence-electron chi connectivity index (χ4n) is 3.78. The fourth-order valence-corrected chi connectivity index (χ4v) is 3.78. The predicted octanol–water partition coefficient (Wildman–Crippen LogP) is 2.78. The Morgan fingerprint density at radius 1 is 1.09 bits per heavy atom. The number of nitrogens with zero attached hydrogens (tertiary/aromatic N) is 3. The van der Waals surface area contributed by atoms with Crippen LogP contribution >= 0.6 is 0 Å². The average Bonchev–Trinajstić information content (AvgIpc) is 2.76. The molecule has 0 saturated carbocycles. The number of ether oxygens (including phenoxy) is 1. The van der Waals surface area contributed by atoms with E-state index < -0.39 is 0 Å². The molecule has 0 amide bonds. The van der Waals surface area contributed by atoms with Gasteiger partial charge in [0.25, 0.3) is 0 Å². The van der Waals surface area contributed by atoms with Crippen molar-refractivity contribution >= 4 is 0 Å². The summed E-state index contributed by atoms with van der Waals surface area (Å²) in [7, 11) is 0. The van der Waals surface area contributed by atoms with Crippen LogP contribution in [-0.2, 0) is 11.3 Å². The van der Waals surface area contributed by atoms with Crippen molar-refractivity contribution in [1.29, 1.82) is 0 Å². The summed E-state index contributed by atoms with van der Waals surface area (Å²) in [4.78, 5) is 9.77. The lowest BCUT2D eigenvalue weighted by atomic mass is 10.1. The zero-order chi connectivity index (χ0) is 16.1. The molecule has 2 saturated heterocycles. The number of piperidine rings is 1. The monoisotopic (exact) mass is 317 g/mol. The Kier molecular flexibility index (Phi) is 6.03. The number of hydrogen-bond donors (Lipinski definition) is 0. The first-order valence-corrected chi connectivity index (χ1v) is 9.19. The van der Waals surface area contributed by atoms with E-state index in [1.54, 1.807) is 0 Å². The average molecular weight is 317 g/mol. The summed E-state index contributed by atoms with van der Waals surface area (Å²) in [6.07, 6.45) is 7.56. The van der Waals surface area contributed by atoms with Gasteiger partial charge in [-0.3, -0.25) is 9.88 Å². The highest BCUT2D eigenvalue weighted by Crippen LogP contribution is 2.16. The minimum Gasteiger partial charge on any atom is -0.376 e. The number of rotatable bonds is 4. The second kappa shape index (κ2) is 8.22. The van der Waals surface area contributed by atoms with Gasteiger partial charge in [0.05, 0.1) is 11.8 Å². The Morgan fingerprint density at radius 2 is 1.87 bits per heavy atom. The Balaban J connectivity index is 1.58. The smallest absolute Gasteiger partial charge is 0.0828 e. The van der Waals surface area contributed by atoms with Crippen molar-refractivity contribution in [2.45, 2.75) is 52.2 Å². The van der Waals surface area contributed by atoms with Crippen LogP contribution in [0.3, 0.4) is 0 Å². The minimum absolute atomic E-state index is 0.348. The first-order chi connectivity index (χ1) is 11.2. The number of aryl methyl sites for hydroxylation is 2. The molecule has 2 fully saturated rings. The molecule has 4 heteroatoms. The first kappa shape index (κ1) is 16.9.